The molecule has 7 rings (SSSR count). The topological polar surface area (TPSA) is 388 Å². The van der Waals surface area contributed by atoms with Crippen molar-refractivity contribution >= 4 is 22.7 Å². The van der Waals surface area contributed by atoms with E-state index in [1.165, 1.54) is 36.4 Å². The molecule has 4 aliphatic heterocycles. The lowest BCUT2D eigenvalue weighted by atomic mass is 9.96. The van der Waals surface area contributed by atoms with Gasteiger partial charge in [-0.05, 0) is 29.5 Å². The van der Waals surface area contributed by atoms with Crippen molar-refractivity contribution in [2.45, 2.75) is 124 Å². The second-order valence-corrected chi connectivity index (χ2v) is 16.1. The maximum Gasteiger partial charge on any atom is 0.331 e. The van der Waals surface area contributed by atoms with E-state index in [0.717, 1.165) is 0 Å². The van der Waals surface area contributed by atoms with E-state index in [1.54, 1.807) is 0 Å². The Bertz CT molecular complexity index is 2180. The number of rotatable bonds is 15. The van der Waals surface area contributed by atoms with Gasteiger partial charge in [0.25, 0.3) is 0 Å². The number of phenolic OH excluding ortho intramolecular Hbond substituents is 1. The summed E-state index contributed by atoms with van der Waals surface area (Å²) >= 11 is 0. The first-order valence-electron chi connectivity index (χ1n) is 20.4. The number of aliphatic hydroxyl groups is 11. The number of carboxylic acid groups (broad SMARTS) is 1. The summed E-state index contributed by atoms with van der Waals surface area (Å²) < 4.78 is 44.6. The Morgan fingerprint density at radius 2 is 1.37 bits per heavy atom. The van der Waals surface area contributed by atoms with Crippen molar-refractivity contribution in [1.82, 2.24) is 0 Å². The molecule has 24 nitrogen and oxygen atoms in total. The number of benzene rings is 1. The number of hydrogen-bond acceptors (Lipinski definition) is 23. The molecule has 5 aliphatic rings. The lowest BCUT2D eigenvalue weighted by Crippen LogP contribution is -2.66. The van der Waals surface area contributed by atoms with Gasteiger partial charge in [-0.15, -0.1) is 0 Å². The minimum Gasteiger partial charge on any atom is -0.510 e. The molecule has 0 radical (unpaired) electrons. The van der Waals surface area contributed by atoms with Gasteiger partial charge >= 0.3 is 11.9 Å². The number of aliphatic hydroxyl groups excluding tert-OH is 11. The SMILES string of the molecule is O=C(O)Cc1ccc2cc(CCOC3CC4OC(=O)C=C4C=C3O)cc(OCC3OC(OC4C(CO)OC(OC5C(CO)OC(O)C(O)C5O)C(O)C4O)C(O)C(O)C3O)c(=O)c2c1O. The van der Waals surface area contributed by atoms with E-state index in [0.29, 0.717) is 11.1 Å². The van der Waals surface area contributed by atoms with Gasteiger partial charge in [-0.1, -0.05) is 18.2 Å². The molecule has 0 bridgehead atoms. The second-order valence-electron chi connectivity index (χ2n) is 16.1. The van der Waals surface area contributed by atoms with Crippen LogP contribution in [0.4, 0.5) is 0 Å². The zero-order chi connectivity index (χ0) is 47.0. The maximum atomic E-state index is 14.1. The Labute approximate surface area is 366 Å². The Morgan fingerprint density at radius 1 is 0.738 bits per heavy atom. The van der Waals surface area contributed by atoms with Crippen molar-refractivity contribution < 1.29 is 114 Å². The standard InChI is InChI=1S/C41H50O24/c42-11-22-37(32(52)34(54)39(57)61-22)64-41-36(56)33(53)38(23(12-43)62-41)65-40-35(55)31(51)30(50)24(63-40)13-59-21-6-14(3-4-58-20-10-19-17(7-18(20)44)9-26(47)60-19)5-15-1-2-16(8-25(45)46)28(48)27(15)29(21)49/h1-2,5-7,9,19-20,22-24,30-44,48,50-57H,3-4,8,10-13H2,(H,45,46). The number of hydrogen-bond donors (Lipinski definition) is 13. The first-order chi connectivity index (χ1) is 30.9. The van der Waals surface area contributed by atoms with Crippen LogP contribution in [0.3, 0.4) is 0 Å². The van der Waals surface area contributed by atoms with Crippen LogP contribution in [-0.4, -0.2) is 209 Å². The second kappa shape index (κ2) is 20.2. The Kier molecular flexibility index (Phi) is 15.1. The first-order valence-corrected chi connectivity index (χ1v) is 20.4. The van der Waals surface area contributed by atoms with E-state index in [4.69, 9.17) is 37.9 Å². The zero-order valence-electron chi connectivity index (χ0n) is 34.0. The van der Waals surface area contributed by atoms with Gasteiger partial charge in [0.1, 0.15) is 104 Å². The van der Waals surface area contributed by atoms with Gasteiger partial charge in [0.15, 0.2) is 24.6 Å². The molecule has 4 heterocycles. The molecule has 2 aromatic rings. The molecular weight excluding hydrogens is 876 g/mol. The highest BCUT2D eigenvalue weighted by atomic mass is 16.8. The minimum absolute atomic E-state index is 0.0508. The molecule has 1 aliphatic carbocycles. The first kappa shape index (κ1) is 48.5. The number of aliphatic carboxylic acids is 1. The lowest BCUT2D eigenvalue weighted by Gasteiger charge is -2.47. The van der Waals surface area contributed by atoms with E-state index in [1.807, 2.05) is 0 Å². The summed E-state index contributed by atoms with van der Waals surface area (Å²) in [6, 6.07) is 5.52. The van der Waals surface area contributed by atoms with Crippen molar-refractivity contribution in [1.29, 1.82) is 0 Å². The number of aromatic hydroxyl groups is 1. The highest BCUT2D eigenvalue weighted by Gasteiger charge is 2.53. The summed E-state index contributed by atoms with van der Waals surface area (Å²) in [5.41, 5.74) is -0.176. The number of carbonyl (C=O) groups excluding carboxylic acids is 1. The quantitative estimate of drug-likeness (QED) is 0.0744. The fourth-order valence-electron chi connectivity index (χ4n) is 8.22. The van der Waals surface area contributed by atoms with E-state index < -0.39 is 159 Å². The van der Waals surface area contributed by atoms with Crippen molar-refractivity contribution in [2.24, 2.45) is 0 Å². The number of ether oxygens (including phenoxy) is 8. The molecule has 17 atom stereocenters. The van der Waals surface area contributed by atoms with Gasteiger partial charge in [-0.3, -0.25) is 9.59 Å². The Morgan fingerprint density at radius 3 is 2.03 bits per heavy atom. The highest BCUT2D eigenvalue weighted by Crippen LogP contribution is 2.34. The maximum absolute atomic E-state index is 14.1. The third kappa shape index (κ3) is 10.1. The van der Waals surface area contributed by atoms with E-state index in [-0.39, 0.29) is 41.5 Å². The molecule has 0 aromatic heterocycles. The largest absolute Gasteiger partial charge is 0.510 e. The summed E-state index contributed by atoms with van der Waals surface area (Å²) in [6.45, 7) is -2.62. The van der Waals surface area contributed by atoms with Gasteiger partial charge in [-0.25, -0.2) is 4.79 Å². The van der Waals surface area contributed by atoms with Crippen LogP contribution in [0.25, 0.3) is 10.8 Å². The zero-order valence-corrected chi connectivity index (χ0v) is 34.0. The summed E-state index contributed by atoms with van der Waals surface area (Å²) in [4.78, 5) is 37.3. The van der Waals surface area contributed by atoms with E-state index >= 15 is 0 Å². The predicted octanol–water partition coefficient (Wildman–Crippen LogP) is -5.02. The normalized spacial score (nSPS) is 37.3. The van der Waals surface area contributed by atoms with Crippen LogP contribution in [0.2, 0.25) is 0 Å². The molecule has 3 saturated heterocycles. The number of fused-ring (bicyclic) bond motifs is 2. The van der Waals surface area contributed by atoms with Crippen molar-refractivity contribution in [3.63, 3.8) is 0 Å². The van der Waals surface area contributed by atoms with E-state index in [9.17, 15) is 80.8 Å². The van der Waals surface area contributed by atoms with Crippen molar-refractivity contribution in [2.75, 3.05) is 26.4 Å². The minimum atomic E-state index is -2.06. The van der Waals surface area contributed by atoms with Crippen molar-refractivity contribution in [3.8, 4) is 11.5 Å². The van der Waals surface area contributed by atoms with Crippen LogP contribution in [0.15, 0.2) is 52.5 Å². The average Bonchev–Trinajstić information content (AvgIpc) is 3.56. The van der Waals surface area contributed by atoms with Crippen LogP contribution < -0.4 is 10.2 Å². The molecule has 24 heteroatoms. The summed E-state index contributed by atoms with van der Waals surface area (Å²) in [5.74, 6) is -3.12. The van der Waals surface area contributed by atoms with Gasteiger partial charge in [0.05, 0.1) is 31.6 Å². The molecule has 3 fully saturated rings. The molecule has 358 valence electrons. The van der Waals surface area contributed by atoms with Gasteiger partial charge < -0.3 is 104 Å². The number of phenols is 1. The Hall–Kier alpha value is -4.45. The number of esters is 1. The van der Waals surface area contributed by atoms with Gasteiger partial charge in [0.2, 0.25) is 5.43 Å². The van der Waals surface area contributed by atoms with E-state index in [2.05, 4.69) is 0 Å². The predicted molar refractivity (Wildman–Crippen MR) is 210 cm³/mol. The fourth-order valence-corrected chi connectivity index (χ4v) is 8.22. The molecule has 2 aromatic carbocycles. The molecule has 13 N–H and O–H groups in total. The van der Waals surface area contributed by atoms with Crippen LogP contribution in [-0.2, 0) is 55.6 Å². The molecule has 0 saturated carbocycles. The third-order valence-electron chi connectivity index (χ3n) is 11.8. The van der Waals surface area contributed by atoms with Gasteiger partial charge in [-0.2, -0.15) is 0 Å². The summed E-state index contributed by atoms with van der Waals surface area (Å²) in [7, 11) is 0. The lowest BCUT2D eigenvalue weighted by molar-refractivity contribution is -0.377. The van der Waals surface area contributed by atoms with Crippen LogP contribution in [0, 0.1) is 0 Å². The fraction of sp³-hybridized carbons (Fsp3) is 0.585. The van der Waals surface area contributed by atoms with Gasteiger partial charge in [0, 0.05) is 23.6 Å². The number of carboxylic acids is 1. The van der Waals surface area contributed by atoms with Crippen LogP contribution in [0.1, 0.15) is 17.5 Å². The molecule has 0 spiro atoms. The monoisotopic (exact) mass is 926 g/mol. The van der Waals surface area contributed by atoms with Crippen LogP contribution >= 0.6 is 0 Å². The molecular formula is C41H50O24. The molecule has 17 unspecified atom stereocenters. The Balaban J connectivity index is 1.08. The smallest absolute Gasteiger partial charge is 0.331 e. The molecule has 0 amide bonds. The van der Waals surface area contributed by atoms with Crippen molar-refractivity contribution in [3.05, 3.63) is 69.1 Å². The molecule has 65 heavy (non-hydrogen) atoms. The highest BCUT2D eigenvalue weighted by molar-refractivity contribution is 5.91. The summed E-state index contributed by atoms with van der Waals surface area (Å²) in [5, 5.41) is 136. The number of carbonyl (C=O) groups is 2. The van der Waals surface area contributed by atoms with Crippen LogP contribution in [0.5, 0.6) is 11.5 Å². The summed E-state index contributed by atoms with van der Waals surface area (Å²) in [6.07, 6.45) is -27.1. The third-order valence-corrected chi connectivity index (χ3v) is 11.8. The average molecular weight is 927 g/mol.